The van der Waals surface area contributed by atoms with Crippen LogP contribution in [0.15, 0.2) is 18.2 Å². The van der Waals surface area contributed by atoms with Gasteiger partial charge in [0.05, 0.1) is 12.2 Å². The summed E-state index contributed by atoms with van der Waals surface area (Å²) in [6, 6.07) is 5.03. The fraction of sp³-hybridized carbons (Fsp3) is 0.500. The average Bonchev–Trinajstić information content (AvgIpc) is 2.35. The molecule has 0 saturated carbocycles. The molecule has 1 heterocycles. The Morgan fingerprint density at radius 1 is 1.25 bits per heavy atom. The number of rotatable bonds is 4. The topological polar surface area (TPSA) is 58.2 Å². The number of halogens is 3. The van der Waals surface area contributed by atoms with Gasteiger partial charge in [0.2, 0.25) is 10.0 Å². The lowest BCUT2D eigenvalue weighted by molar-refractivity contribution is -0.129. The first-order valence-corrected chi connectivity index (χ1v) is 7.80. The largest absolute Gasteiger partial charge is 0.390 e. The molecule has 1 aliphatic rings. The van der Waals surface area contributed by atoms with Crippen LogP contribution in [0.1, 0.15) is 17.5 Å². The van der Waals surface area contributed by atoms with E-state index in [0.29, 0.717) is 5.69 Å². The summed E-state index contributed by atoms with van der Waals surface area (Å²) >= 11 is 0. The minimum atomic E-state index is -4.48. The molecule has 0 radical (unpaired) electrons. The second-order valence-corrected chi connectivity index (χ2v) is 6.54. The molecule has 0 aliphatic carbocycles. The van der Waals surface area contributed by atoms with E-state index in [1.165, 1.54) is 0 Å². The zero-order valence-corrected chi connectivity index (χ0v) is 11.4. The highest BCUT2D eigenvalue weighted by Gasteiger charge is 2.29. The molecule has 2 rings (SSSR count). The number of fused-ring (bicyclic) bond motifs is 1. The summed E-state index contributed by atoms with van der Waals surface area (Å²) < 4.78 is 61.5. The number of hydrogen-bond donors (Lipinski definition) is 2. The Morgan fingerprint density at radius 2 is 2.00 bits per heavy atom. The third kappa shape index (κ3) is 4.38. The lowest BCUT2D eigenvalue weighted by Gasteiger charge is -2.18. The molecule has 2 N–H and O–H groups in total. The van der Waals surface area contributed by atoms with Crippen LogP contribution in [0.5, 0.6) is 0 Å². The van der Waals surface area contributed by atoms with E-state index in [1.54, 1.807) is 18.2 Å². The van der Waals surface area contributed by atoms with Gasteiger partial charge in [0.25, 0.3) is 0 Å². The molecular formula is C12H15F3N2O2S. The van der Waals surface area contributed by atoms with Crippen molar-refractivity contribution < 1.29 is 21.6 Å². The Labute approximate surface area is 115 Å². The van der Waals surface area contributed by atoms with Crippen molar-refractivity contribution in [2.75, 3.05) is 17.0 Å². The molecule has 0 bridgehead atoms. The number of nitrogens with one attached hydrogen (secondary N) is 2. The third-order valence-corrected chi connectivity index (χ3v) is 4.31. The predicted molar refractivity (Wildman–Crippen MR) is 69.9 cm³/mol. The van der Waals surface area contributed by atoms with E-state index < -0.39 is 28.4 Å². The maximum absolute atomic E-state index is 12.1. The zero-order valence-electron chi connectivity index (χ0n) is 10.6. The van der Waals surface area contributed by atoms with E-state index in [4.69, 9.17) is 0 Å². The van der Waals surface area contributed by atoms with Crippen molar-refractivity contribution in [3.63, 3.8) is 0 Å². The van der Waals surface area contributed by atoms with Gasteiger partial charge >= 0.3 is 6.18 Å². The first kappa shape index (κ1) is 15.1. The van der Waals surface area contributed by atoms with Crippen LogP contribution in [0.2, 0.25) is 0 Å². The van der Waals surface area contributed by atoms with Gasteiger partial charge in [-0.15, -0.1) is 0 Å². The van der Waals surface area contributed by atoms with Gasteiger partial charge in [-0.3, -0.25) is 4.72 Å². The molecule has 1 aromatic carbocycles. The lowest BCUT2D eigenvalue weighted by atomic mass is 10.0. The van der Waals surface area contributed by atoms with E-state index in [1.807, 2.05) is 0 Å². The minimum absolute atomic E-state index is 0.313. The number of anilines is 1. The van der Waals surface area contributed by atoms with E-state index >= 15 is 0 Å². The van der Waals surface area contributed by atoms with Crippen LogP contribution in [0.4, 0.5) is 18.9 Å². The second kappa shape index (κ2) is 5.61. The van der Waals surface area contributed by atoms with E-state index in [-0.39, 0.29) is 0 Å². The standard InChI is InChI=1S/C12H15F3N2O2S/c13-12(14,15)4-6-20(18,19)17-11-2-1-10-8-16-5-3-9(10)7-11/h1-2,7,16-17H,3-6,8H2. The Kier molecular flexibility index (Phi) is 4.24. The fourth-order valence-electron chi connectivity index (χ4n) is 2.02. The van der Waals surface area contributed by atoms with Crippen molar-refractivity contribution >= 4 is 15.7 Å². The zero-order chi connectivity index (χ0) is 14.8. The van der Waals surface area contributed by atoms with E-state index in [9.17, 15) is 21.6 Å². The highest BCUT2D eigenvalue weighted by Crippen LogP contribution is 2.22. The molecule has 0 unspecified atom stereocenters. The third-order valence-electron chi connectivity index (χ3n) is 3.02. The van der Waals surface area contributed by atoms with Gasteiger partial charge in [0, 0.05) is 12.2 Å². The molecule has 0 atom stereocenters. The first-order chi connectivity index (χ1) is 9.25. The number of alkyl halides is 3. The average molecular weight is 308 g/mol. The highest BCUT2D eigenvalue weighted by molar-refractivity contribution is 7.92. The number of hydrogen-bond acceptors (Lipinski definition) is 3. The van der Waals surface area contributed by atoms with Crippen LogP contribution in [0, 0.1) is 0 Å². The molecule has 0 fully saturated rings. The van der Waals surface area contributed by atoms with Gasteiger partial charge in [-0.2, -0.15) is 13.2 Å². The summed E-state index contributed by atoms with van der Waals surface area (Å²) in [4.78, 5) is 0. The van der Waals surface area contributed by atoms with Crippen LogP contribution in [-0.4, -0.2) is 26.9 Å². The Morgan fingerprint density at radius 3 is 2.70 bits per heavy atom. The van der Waals surface area contributed by atoms with Crippen LogP contribution in [0.25, 0.3) is 0 Å². The summed E-state index contributed by atoms with van der Waals surface area (Å²) in [5.74, 6) is -0.963. The van der Waals surface area contributed by atoms with Gasteiger partial charge in [0.1, 0.15) is 0 Å². The Hall–Kier alpha value is -1.28. The smallest absolute Gasteiger partial charge is 0.312 e. The van der Waals surface area contributed by atoms with Crippen LogP contribution in [-0.2, 0) is 23.0 Å². The van der Waals surface area contributed by atoms with Crippen molar-refractivity contribution in [1.82, 2.24) is 5.32 Å². The summed E-state index contributed by atoms with van der Waals surface area (Å²) in [5.41, 5.74) is 2.40. The predicted octanol–water partition coefficient (Wildman–Crippen LogP) is 2.03. The van der Waals surface area contributed by atoms with Crippen LogP contribution >= 0.6 is 0 Å². The van der Waals surface area contributed by atoms with Gasteiger partial charge in [-0.25, -0.2) is 8.42 Å². The molecule has 112 valence electrons. The maximum atomic E-state index is 12.1. The van der Waals surface area contributed by atoms with Gasteiger partial charge < -0.3 is 5.32 Å². The molecule has 0 aromatic heterocycles. The molecule has 4 nitrogen and oxygen atoms in total. The van der Waals surface area contributed by atoms with Crippen LogP contribution < -0.4 is 10.0 Å². The second-order valence-electron chi connectivity index (χ2n) is 4.70. The van der Waals surface area contributed by atoms with Crippen LogP contribution in [0.3, 0.4) is 0 Å². The monoisotopic (exact) mass is 308 g/mol. The minimum Gasteiger partial charge on any atom is -0.312 e. The summed E-state index contributed by atoms with van der Waals surface area (Å²) in [6.07, 6.45) is -5.05. The van der Waals surface area contributed by atoms with Crippen molar-refractivity contribution in [2.45, 2.75) is 25.6 Å². The quantitative estimate of drug-likeness (QED) is 0.895. The molecule has 8 heteroatoms. The number of benzene rings is 1. The summed E-state index contributed by atoms with van der Waals surface area (Å²) in [6.45, 7) is 1.52. The molecule has 20 heavy (non-hydrogen) atoms. The van der Waals surface area contributed by atoms with E-state index in [2.05, 4.69) is 10.0 Å². The SMILES string of the molecule is O=S(=O)(CCC(F)(F)F)Nc1ccc2c(c1)CCNC2. The summed E-state index contributed by atoms with van der Waals surface area (Å²) in [5, 5.41) is 3.18. The molecule has 0 amide bonds. The summed E-state index contributed by atoms with van der Waals surface area (Å²) in [7, 11) is -3.98. The molecule has 1 aromatic rings. The Balaban J connectivity index is 2.05. The van der Waals surface area contributed by atoms with E-state index in [0.717, 1.165) is 30.6 Å². The normalized spacial score (nSPS) is 15.8. The van der Waals surface area contributed by atoms with Crippen molar-refractivity contribution in [1.29, 1.82) is 0 Å². The number of sulfonamides is 1. The molecular weight excluding hydrogens is 293 g/mol. The van der Waals surface area contributed by atoms with Crippen molar-refractivity contribution in [3.05, 3.63) is 29.3 Å². The maximum Gasteiger partial charge on any atom is 0.390 e. The van der Waals surface area contributed by atoms with Crippen molar-refractivity contribution in [3.8, 4) is 0 Å². The lowest BCUT2D eigenvalue weighted by Crippen LogP contribution is -2.24. The van der Waals surface area contributed by atoms with Crippen molar-refractivity contribution in [2.24, 2.45) is 0 Å². The van der Waals surface area contributed by atoms with Gasteiger partial charge in [0.15, 0.2) is 0 Å². The molecule has 0 saturated heterocycles. The fourth-order valence-corrected chi connectivity index (χ4v) is 3.11. The van der Waals surface area contributed by atoms with Gasteiger partial charge in [-0.1, -0.05) is 6.07 Å². The highest BCUT2D eigenvalue weighted by atomic mass is 32.2. The molecule has 0 spiro atoms. The van der Waals surface area contributed by atoms with Gasteiger partial charge in [-0.05, 0) is 36.2 Å². The molecule has 1 aliphatic heterocycles. The first-order valence-electron chi connectivity index (χ1n) is 6.15. The Bertz CT molecular complexity index is 585.